The molecule has 4 aromatic rings. The largest absolute Gasteiger partial charge is 0.488 e. The normalized spacial score (nSPS) is 11.2. The zero-order valence-electron chi connectivity index (χ0n) is 20.3. The minimum Gasteiger partial charge on any atom is -0.488 e. The number of amides is 1. The summed E-state index contributed by atoms with van der Waals surface area (Å²) in [7, 11) is 0. The van der Waals surface area contributed by atoms with Crippen molar-refractivity contribution in [2.45, 2.75) is 33.8 Å². The van der Waals surface area contributed by atoms with E-state index in [2.05, 4.69) is 50.4 Å². The Bertz CT molecular complexity index is 1440. The van der Waals surface area contributed by atoms with Gasteiger partial charge in [-0.2, -0.15) is 5.26 Å². The van der Waals surface area contributed by atoms with Gasteiger partial charge >= 0.3 is 0 Å². The van der Waals surface area contributed by atoms with E-state index >= 15 is 0 Å². The molecule has 0 atom stereocenters. The molecule has 4 heteroatoms. The van der Waals surface area contributed by atoms with Crippen LogP contribution in [0.4, 0.5) is 5.69 Å². The van der Waals surface area contributed by atoms with Crippen LogP contribution in [0.2, 0.25) is 0 Å². The van der Waals surface area contributed by atoms with Gasteiger partial charge in [0.2, 0.25) is 0 Å². The van der Waals surface area contributed by atoms with E-state index in [0.29, 0.717) is 23.6 Å². The second-order valence-corrected chi connectivity index (χ2v) is 8.58. The molecule has 0 aliphatic carbocycles. The number of aryl methyl sites for hydroxylation is 3. The van der Waals surface area contributed by atoms with Gasteiger partial charge in [0.05, 0.1) is 0 Å². The van der Waals surface area contributed by atoms with Crippen LogP contribution in [0, 0.1) is 25.2 Å². The summed E-state index contributed by atoms with van der Waals surface area (Å²) < 4.78 is 6.21. The van der Waals surface area contributed by atoms with Gasteiger partial charge in [-0.3, -0.25) is 4.79 Å². The fraction of sp³-hybridized carbons (Fsp3) is 0.161. The Hall–Kier alpha value is -4.36. The standard InChI is InChI=1S/C31H28N2O2/c1-4-23-11-14-27(15-12-23)33-31(34)26(19-32)18-29-28-8-6-5-7-25(28)13-16-30(29)35-20-24-10-9-21(2)22(3)17-24/h5-18H,4,20H2,1-3H3,(H,33,34)/b26-18+. The first kappa shape index (κ1) is 23.8. The number of nitrogens with zero attached hydrogens (tertiary/aromatic N) is 1. The Morgan fingerprint density at radius 1 is 0.943 bits per heavy atom. The number of benzene rings is 4. The molecule has 0 saturated heterocycles. The molecule has 4 aromatic carbocycles. The molecule has 1 N–H and O–H groups in total. The molecule has 0 aliphatic heterocycles. The fourth-order valence-electron chi connectivity index (χ4n) is 3.92. The molecule has 35 heavy (non-hydrogen) atoms. The molecular weight excluding hydrogens is 432 g/mol. The van der Waals surface area contributed by atoms with Gasteiger partial charge in [-0.15, -0.1) is 0 Å². The number of hydrogen-bond acceptors (Lipinski definition) is 3. The number of nitrogens with one attached hydrogen (secondary N) is 1. The molecule has 0 aromatic heterocycles. The highest BCUT2D eigenvalue weighted by molar-refractivity contribution is 6.11. The first-order valence-corrected chi connectivity index (χ1v) is 11.7. The van der Waals surface area contributed by atoms with Gasteiger partial charge < -0.3 is 10.1 Å². The molecule has 0 saturated carbocycles. The molecule has 0 fully saturated rings. The van der Waals surface area contributed by atoms with Gasteiger partial charge in [-0.1, -0.05) is 67.6 Å². The second-order valence-electron chi connectivity index (χ2n) is 8.58. The number of anilines is 1. The molecular formula is C31H28N2O2. The van der Waals surface area contributed by atoms with E-state index in [1.807, 2.05) is 60.7 Å². The summed E-state index contributed by atoms with van der Waals surface area (Å²) in [5.41, 5.74) is 6.05. The van der Waals surface area contributed by atoms with E-state index in [1.54, 1.807) is 6.08 Å². The lowest BCUT2D eigenvalue weighted by Crippen LogP contribution is -2.13. The lowest BCUT2D eigenvalue weighted by Gasteiger charge is -2.13. The lowest BCUT2D eigenvalue weighted by molar-refractivity contribution is -0.112. The van der Waals surface area contributed by atoms with Crippen LogP contribution in [0.15, 0.2) is 84.4 Å². The minimum absolute atomic E-state index is 0.0111. The van der Waals surface area contributed by atoms with E-state index in [9.17, 15) is 10.1 Å². The van der Waals surface area contributed by atoms with Crippen molar-refractivity contribution in [3.63, 3.8) is 0 Å². The summed E-state index contributed by atoms with van der Waals surface area (Å²) in [4.78, 5) is 13.0. The summed E-state index contributed by atoms with van der Waals surface area (Å²) in [5, 5.41) is 14.6. The molecule has 0 unspecified atom stereocenters. The zero-order valence-corrected chi connectivity index (χ0v) is 20.3. The number of rotatable bonds is 7. The molecule has 0 spiro atoms. The van der Waals surface area contributed by atoms with Gasteiger partial charge in [0.25, 0.3) is 5.91 Å². The molecule has 174 valence electrons. The molecule has 0 radical (unpaired) electrons. The highest BCUT2D eigenvalue weighted by Gasteiger charge is 2.14. The van der Waals surface area contributed by atoms with Crippen molar-refractivity contribution in [3.05, 3.63) is 112 Å². The average Bonchev–Trinajstić information content (AvgIpc) is 2.88. The highest BCUT2D eigenvalue weighted by Crippen LogP contribution is 2.31. The Morgan fingerprint density at radius 2 is 1.69 bits per heavy atom. The predicted octanol–water partition coefficient (Wildman–Crippen LogP) is 7.14. The summed E-state index contributed by atoms with van der Waals surface area (Å²) in [6.07, 6.45) is 2.54. The van der Waals surface area contributed by atoms with Crippen LogP contribution in [-0.4, -0.2) is 5.91 Å². The minimum atomic E-state index is -0.454. The van der Waals surface area contributed by atoms with Gasteiger partial charge in [-0.25, -0.2) is 0 Å². The SMILES string of the molecule is CCc1ccc(NC(=O)/C(C#N)=C/c2c(OCc3ccc(C)c(C)c3)ccc3ccccc23)cc1. The maximum absolute atomic E-state index is 13.0. The van der Waals surface area contributed by atoms with E-state index in [0.717, 1.165) is 22.8 Å². The third-order valence-corrected chi connectivity index (χ3v) is 6.17. The third-order valence-electron chi connectivity index (χ3n) is 6.17. The monoisotopic (exact) mass is 460 g/mol. The number of carbonyl (C=O) groups excluding carboxylic acids is 1. The van der Waals surface area contributed by atoms with Crippen LogP contribution < -0.4 is 10.1 Å². The van der Waals surface area contributed by atoms with E-state index in [1.165, 1.54) is 16.7 Å². The second kappa shape index (κ2) is 10.7. The van der Waals surface area contributed by atoms with Crippen LogP contribution in [0.25, 0.3) is 16.8 Å². The van der Waals surface area contributed by atoms with Crippen molar-refractivity contribution >= 4 is 28.4 Å². The predicted molar refractivity (Wildman–Crippen MR) is 142 cm³/mol. The van der Waals surface area contributed by atoms with Crippen molar-refractivity contribution in [1.82, 2.24) is 0 Å². The van der Waals surface area contributed by atoms with E-state index < -0.39 is 5.91 Å². The molecule has 0 heterocycles. The smallest absolute Gasteiger partial charge is 0.266 e. The van der Waals surface area contributed by atoms with Crippen molar-refractivity contribution in [2.75, 3.05) is 5.32 Å². The molecule has 0 bridgehead atoms. The molecule has 4 rings (SSSR count). The van der Waals surface area contributed by atoms with Crippen LogP contribution in [-0.2, 0) is 17.8 Å². The Labute approximate surface area is 206 Å². The van der Waals surface area contributed by atoms with Crippen molar-refractivity contribution in [3.8, 4) is 11.8 Å². The van der Waals surface area contributed by atoms with Gasteiger partial charge in [0, 0.05) is 11.3 Å². The maximum Gasteiger partial charge on any atom is 0.266 e. The highest BCUT2D eigenvalue weighted by atomic mass is 16.5. The topological polar surface area (TPSA) is 62.1 Å². The molecule has 0 aliphatic rings. The van der Waals surface area contributed by atoms with Gasteiger partial charge in [0.1, 0.15) is 24.0 Å². The summed E-state index contributed by atoms with van der Waals surface area (Å²) in [6, 6.07) is 27.7. The number of hydrogen-bond donors (Lipinski definition) is 1. The number of carbonyl (C=O) groups is 1. The number of nitriles is 1. The van der Waals surface area contributed by atoms with Crippen molar-refractivity contribution < 1.29 is 9.53 Å². The Morgan fingerprint density at radius 3 is 2.40 bits per heavy atom. The zero-order chi connectivity index (χ0) is 24.8. The summed E-state index contributed by atoms with van der Waals surface area (Å²) in [6.45, 7) is 6.63. The lowest BCUT2D eigenvalue weighted by atomic mass is 10.0. The van der Waals surface area contributed by atoms with E-state index in [4.69, 9.17) is 4.74 Å². The first-order valence-electron chi connectivity index (χ1n) is 11.7. The quantitative estimate of drug-likeness (QED) is 0.235. The number of fused-ring (bicyclic) bond motifs is 1. The number of ether oxygens (including phenoxy) is 1. The van der Waals surface area contributed by atoms with Crippen molar-refractivity contribution in [1.29, 1.82) is 5.26 Å². The average molecular weight is 461 g/mol. The third kappa shape index (κ3) is 5.59. The maximum atomic E-state index is 13.0. The fourth-order valence-corrected chi connectivity index (χ4v) is 3.92. The van der Waals surface area contributed by atoms with E-state index in [-0.39, 0.29) is 5.57 Å². The van der Waals surface area contributed by atoms with Gasteiger partial charge in [0.15, 0.2) is 0 Å². The summed E-state index contributed by atoms with van der Waals surface area (Å²) >= 11 is 0. The first-order chi connectivity index (χ1) is 17.0. The van der Waals surface area contributed by atoms with Crippen LogP contribution >= 0.6 is 0 Å². The molecule has 1 amide bonds. The Kier molecular flexibility index (Phi) is 7.28. The Balaban J connectivity index is 1.67. The van der Waals surface area contributed by atoms with Crippen molar-refractivity contribution in [2.24, 2.45) is 0 Å². The molecule has 4 nitrogen and oxygen atoms in total. The van der Waals surface area contributed by atoms with Gasteiger partial charge in [-0.05, 0) is 77.6 Å². The van der Waals surface area contributed by atoms with Crippen LogP contribution in [0.1, 0.15) is 34.7 Å². The van der Waals surface area contributed by atoms with Crippen LogP contribution in [0.3, 0.4) is 0 Å². The van der Waals surface area contributed by atoms with Crippen LogP contribution in [0.5, 0.6) is 5.75 Å². The summed E-state index contributed by atoms with van der Waals surface area (Å²) in [5.74, 6) is 0.166.